The zero-order valence-electron chi connectivity index (χ0n) is 13.5. The van der Waals surface area contributed by atoms with Crippen LogP contribution >= 0.6 is 27.3 Å². The Balaban J connectivity index is 1.50. The lowest BCUT2D eigenvalue weighted by atomic mass is 10.3. The van der Waals surface area contributed by atoms with E-state index in [1.165, 1.54) is 0 Å². The molecular weight excluding hydrogens is 390 g/mol. The number of halogens is 1. The lowest BCUT2D eigenvalue weighted by Gasteiger charge is -2.21. The Kier molecular flexibility index (Phi) is 5.80. The molecule has 1 amide bonds. The van der Waals surface area contributed by atoms with E-state index in [1.807, 2.05) is 13.0 Å². The fourth-order valence-electron chi connectivity index (χ4n) is 2.64. The highest BCUT2D eigenvalue weighted by Gasteiger charge is 2.19. The maximum Gasteiger partial charge on any atom is 0.239 e. The summed E-state index contributed by atoms with van der Waals surface area (Å²) in [4.78, 5) is 25.4. The van der Waals surface area contributed by atoms with E-state index in [4.69, 9.17) is 0 Å². The zero-order valence-corrected chi connectivity index (χ0v) is 15.9. The van der Waals surface area contributed by atoms with Crippen molar-refractivity contribution in [3.8, 4) is 0 Å². The van der Waals surface area contributed by atoms with Crippen molar-refractivity contribution in [2.75, 3.05) is 42.9 Å². The van der Waals surface area contributed by atoms with E-state index in [1.54, 1.807) is 23.6 Å². The van der Waals surface area contributed by atoms with Gasteiger partial charge in [0.2, 0.25) is 5.91 Å². The van der Waals surface area contributed by atoms with Crippen molar-refractivity contribution < 1.29 is 4.79 Å². The third-order valence-electron chi connectivity index (χ3n) is 3.83. The Hall–Kier alpha value is -1.51. The Morgan fingerprint density at radius 1 is 1.33 bits per heavy atom. The van der Waals surface area contributed by atoms with Gasteiger partial charge in [-0.3, -0.25) is 9.69 Å². The minimum absolute atomic E-state index is 0.0247. The van der Waals surface area contributed by atoms with E-state index in [9.17, 15) is 4.79 Å². The summed E-state index contributed by atoms with van der Waals surface area (Å²) in [7, 11) is 0. The molecule has 2 aromatic heterocycles. The van der Waals surface area contributed by atoms with Crippen LogP contribution < -0.4 is 10.2 Å². The van der Waals surface area contributed by atoms with Gasteiger partial charge in [-0.2, -0.15) is 0 Å². The first-order valence-electron chi connectivity index (χ1n) is 7.91. The fraction of sp³-hybridized carbons (Fsp3) is 0.438. The van der Waals surface area contributed by atoms with Gasteiger partial charge in [-0.05, 0) is 41.4 Å². The van der Waals surface area contributed by atoms with Crippen molar-refractivity contribution >= 4 is 44.1 Å². The summed E-state index contributed by atoms with van der Waals surface area (Å²) in [5.74, 6) is 0.557. The molecule has 1 aliphatic heterocycles. The minimum Gasteiger partial charge on any atom is -0.347 e. The second kappa shape index (κ2) is 8.04. The molecule has 1 saturated heterocycles. The van der Waals surface area contributed by atoms with E-state index >= 15 is 0 Å². The molecule has 3 rings (SSSR count). The summed E-state index contributed by atoms with van der Waals surface area (Å²) in [6, 6.07) is 3.65. The van der Waals surface area contributed by atoms with Gasteiger partial charge in [-0.15, -0.1) is 11.3 Å². The number of carbonyl (C=O) groups is 1. The van der Waals surface area contributed by atoms with Gasteiger partial charge in [0.15, 0.2) is 5.13 Å². The summed E-state index contributed by atoms with van der Waals surface area (Å²) in [5.41, 5.74) is 1.07. The van der Waals surface area contributed by atoms with Crippen molar-refractivity contribution in [3.63, 3.8) is 0 Å². The quantitative estimate of drug-likeness (QED) is 0.840. The van der Waals surface area contributed by atoms with Crippen molar-refractivity contribution in [2.24, 2.45) is 0 Å². The van der Waals surface area contributed by atoms with Crippen molar-refractivity contribution in [2.45, 2.75) is 13.3 Å². The second-order valence-corrected chi connectivity index (χ2v) is 7.55. The predicted octanol–water partition coefficient (Wildman–Crippen LogP) is 2.76. The van der Waals surface area contributed by atoms with Crippen LogP contribution in [0.15, 0.2) is 28.2 Å². The summed E-state index contributed by atoms with van der Waals surface area (Å²) >= 11 is 5.02. The predicted molar refractivity (Wildman–Crippen MR) is 101 cm³/mol. The maximum atomic E-state index is 12.2. The highest BCUT2D eigenvalue weighted by atomic mass is 79.9. The molecular formula is C16H20BrN5OS. The largest absolute Gasteiger partial charge is 0.347 e. The zero-order chi connectivity index (χ0) is 16.9. The number of pyridine rings is 1. The van der Waals surface area contributed by atoms with E-state index < -0.39 is 0 Å². The van der Waals surface area contributed by atoms with Crippen LogP contribution in [0.5, 0.6) is 0 Å². The fourth-order valence-corrected chi connectivity index (χ4v) is 3.73. The first kappa shape index (κ1) is 17.3. The lowest BCUT2D eigenvalue weighted by molar-refractivity contribution is -0.117. The van der Waals surface area contributed by atoms with Gasteiger partial charge in [0.25, 0.3) is 0 Å². The number of aromatic nitrogens is 2. The van der Waals surface area contributed by atoms with Crippen LogP contribution in [0, 0.1) is 6.92 Å². The van der Waals surface area contributed by atoms with Gasteiger partial charge in [0.05, 0.1) is 12.2 Å². The molecule has 24 heavy (non-hydrogen) atoms. The highest BCUT2D eigenvalue weighted by Crippen LogP contribution is 2.21. The smallest absolute Gasteiger partial charge is 0.239 e. The second-order valence-electron chi connectivity index (χ2n) is 5.80. The third-order valence-corrected chi connectivity index (χ3v) is 5.32. The molecule has 2 aromatic rings. The Morgan fingerprint density at radius 2 is 2.21 bits per heavy atom. The van der Waals surface area contributed by atoms with Crippen molar-refractivity contribution in [1.29, 1.82) is 0 Å². The summed E-state index contributed by atoms with van der Waals surface area (Å²) in [6.45, 7) is 6.07. The lowest BCUT2D eigenvalue weighted by Crippen LogP contribution is -2.36. The molecule has 0 radical (unpaired) electrons. The average molecular weight is 410 g/mol. The van der Waals surface area contributed by atoms with Crippen LogP contribution in [-0.2, 0) is 4.79 Å². The van der Waals surface area contributed by atoms with Gasteiger partial charge in [-0.25, -0.2) is 9.97 Å². The molecule has 8 heteroatoms. The van der Waals surface area contributed by atoms with E-state index in [0.29, 0.717) is 12.4 Å². The first-order chi connectivity index (χ1) is 11.6. The first-order valence-corrected chi connectivity index (χ1v) is 9.58. The molecule has 128 valence electrons. The van der Waals surface area contributed by atoms with Crippen molar-refractivity contribution in [3.05, 3.63) is 33.9 Å². The van der Waals surface area contributed by atoms with Crippen LogP contribution in [0.3, 0.4) is 0 Å². The topological polar surface area (TPSA) is 61.4 Å². The van der Waals surface area contributed by atoms with E-state index in [-0.39, 0.29) is 5.91 Å². The SMILES string of the molecule is Cc1csc(N2CCCN(CC(=O)Nc3ccc(Br)cn3)CC2)n1. The van der Waals surface area contributed by atoms with Crippen LogP contribution in [0.4, 0.5) is 10.9 Å². The molecule has 0 saturated carbocycles. The summed E-state index contributed by atoms with van der Waals surface area (Å²) in [6.07, 6.45) is 2.71. The molecule has 0 atom stereocenters. The van der Waals surface area contributed by atoms with Crippen LogP contribution in [0.1, 0.15) is 12.1 Å². The molecule has 1 N–H and O–H groups in total. The van der Waals surface area contributed by atoms with Crippen molar-refractivity contribution in [1.82, 2.24) is 14.9 Å². The maximum absolute atomic E-state index is 12.2. The van der Waals surface area contributed by atoms with Gasteiger partial charge >= 0.3 is 0 Å². The molecule has 0 unspecified atom stereocenters. The molecule has 0 aromatic carbocycles. The Bertz CT molecular complexity index is 690. The van der Waals surface area contributed by atoms with Crippen LogP contribution in [0.2, 0.25) is 0 Å². The number of carbonyl (C=O) groups excluding carboxylic acids is 1. The van der Waals surface area contributed by atoms with Crippen LogP contribution in [-0.4, -0.2) is 53.5 Å². The number of hydrogen-bond donors (Lipinski definition) is 1. The molecule has 0 bridgehead atoms. The number of thiazole rings is 1. The van der Waals surface area contributed by atoms with Gasteiger partial charge < -0.3 is 10.2 Å². The molecule has 6 nitrogen and oxygen atoms in total. The summed E-state index contributed by atoms with van der Waals surface area (Å²) in [5, 5.41) is 6.01. The number of nitrogens with one attached hydrogen (secondary N) is 1. The normalized spacial score (nSPS) is 16.0. The number of nitrogens with zero attached hydrogens (tertiary/aromatic N) is 4. The highest BCUT2D eigenvalue weighted by molar-refractivity contribution is 9.10. The van der Waals surface area contributed by atoms with Gasteiger partial charge in [0.1, 0.15) is 5.82 Å². The molecule has 3 heterocycles. The number of anilines is 2. The average Bonchev–Trinajstić information content (AvgIpc) is 2.85. The van der Waals surface area contributed by atoms with Gasteiger partial charge in [0, 0.05) is 42.2 Å². The molecule has 1 aliphatic rings. The van der Waals surface area contributed by atoms with Crippen LogP contribution in [0.25, 0.3) is 0 Å². The number of aryl methyl sites for hydroxylation is 1. The Labute approximate surface area is 154 Å². The molecule has 0 aliphatic carbocycles. The number of hydrogen-bond acceptors (Lipinski definition) is 6. The standard InChI is InChI=1S/C16H20BrN5OS/c1-12-11-24-16(19-12)22-6-2-5-21(7-8-22)10-15(23)20-14-4-3-13(17)9-18-14/h3-4,9,11H,2,5-8,10H2,1H3,(H,18,20,23). The monoisotopic (exact) mass is 409 g/mol. The molecule has 0 spiro atoms. The van der Waals surface area contributed by atoms with E-state index in [2.05, 4.69) is 46.4 Å². The third kappa shape index (κ3) is 4.75. The minimum atomic E-state index is -0.0247. The Morgan fingerprint density at radius 3 is 2.92 bits per heavy atom. The van der Waals surface area contributed by atoms with E-state index in [0.717, 1.165) is 47.9 Å². The van der Waals surface area contributed by atoms with Gasteiger partial charge in [-0.1, -0.05) is 0 Å². The summed E-state index contributed by atoms with van der Waals surface area (Å²) < 4.78 is 0.894. The number of rotatable bonds is 4. The molecule has 1 fully saturated rings. The number of amides is 1.